The van der Waals surface area contributed by atoms with Crippen molar-refractivity contribution in [3.8, 4) is 0 Å². The minimum atomic E-state index is -0.192. The van der Waals surface area contributed by atoms with Gasteiger partial charge in [-0.25, -0.2) is 13.9 Å². The van der Waals surface area contributed by atoms with E-state index in [1.54, 1.807) is 0 Å². The highest BCUT2D eigenvalue weighted by molar-refractivity contribution is 6.29. The van der Waals surface area contributed by atoms with E-state index >= 15 is 0 Å². The van der Waals surface area contributed by atoms with Crippen molar-refractivity contribution in [1.82, 2.24) is 14.6 Å². The Bertz CT molecular complexity index is 899. The minimum absolute atomic E-state index is 0.192. The van der Waals surface area contributed by atoms with E-state index in [1.807, 2.05) is 28.9 Å². The molecule has 2 heterocycles. The number of aromatic nitrogens is 3. The average molecular weight is 328 g/mol. The summed E-state index contributed by atoms with van der Waals surface area (Å²) in [4.78, 5) is 4.80. The molecule has 1 aromatic carbocycles. The van der Waals surface area contributed by atoms with Crippen LogP contribution in [0.5, 0.6) is 0 Å². The first kappa shape index (κ1) is 13.5. The molecule has 0 amide bonds. The van der Waals surface area contributed by atoms with Gasteiger partial charge in [0.1, 0.15) is 11.0 Å². The van der Waals surface area contributed by atoms with Gasteiger partial charge in [-0.15, -0.1) is 0 Å². The predicted octanol–water partition coefficient (Wildman–Crippen LogP) is 4.67. The molecule has 3 aromatic rings. The highest BCUT2D eigenvalue weighted by atomic mass is 35.5. The van der Waals surface area contributed by atoms with Crippen molar-refractivity contribution in [2.75, 3.05) is 0 Å². The van der Waals surface area contributed by atoms with Crippen molar-refractivity contribution in [2.24, 2.45) is 0 Å². The molecule has 0 spiro atoms. The summed E-state index contributed by atoms with van der Waals surface area (Å²) < 4.78 is 14.9. The van der Waals surface area contributed by atoms with Crippen LogP contribution in [0.1, 0.15) is 53.8 Å². The Kier molecular flexibility index (Phi) is 2.80. The number of nitrogens with zero attached hydrogens (tertiary/aromatic N) is 3. The summed E-state index contributed by atoms with van der Waals surface area (Å²) >= 11 is 6.21. The van der Waals surface area contributed by atoms with Gasteiger partial charge in [0.15, 0.2) is 5.65 Å². The number of benzene rings is 1. The molecule has 0 radical (unpaired) electrons. The lowest BCUT2D eigenvalue weighted by atomic mass is 10.1. The largest absolute Gasteiger partial charge is 0.231 e. The molecule has 0 saturated heterocycles. The van der Waals surface area contributed by atoms with Crippen molar-refractivity contribution in [1.29, 1.82) is 0 Å². The van der Waals surface area contributed by atoms with Gasteiger partial charge >= 0.3 is 0 Å². The van der Waals surface area contributed by atoms with Gasteiger partial charge < -0.3 is 0 Å². The lowest BCUT2D eigenvalue weighted by Crippen LogP contribution is -1.96. The zero-order chi connectivity index (χ0) is 15.6. The molecule has 0 aliphatic heterocycles. The van der Waals surface area contributed by atoms with Gasteiger partial charge in [0, 0.05) is 11.5 Å². The number of hydrogen-bond donors (Lipinski definition) is 0. The molecule has 2 aliphatic rings. The molecule has 2 fully saturated rings. The van der Waals surface area contributed by atoms with Crippen LogP contribution in [0.25, 0.3) is 5.65 Å². The van der Waals surface area contributed by atoms with Crippen LogP contribution in [-0.2, 0) is 0 Å². The maximum Gasteiger partial charge on any atom is 0.157 e. The van der Waals surface area contributed by atoms with E-state index in [2.05, 4.69) is 5.10 Å². The molecule has 2 atom stereocenters. The lowest BCUT2D eigenvalue weighted by molar-refractivity contribution is 0.627. The third kappa shape index (κ3) is 2.32. The lowest BCUT2D eigenvalue weighted by Gasteiger charge is -2.04. The fourth-order valence-corrected chi connectivity index (χ4v) is 3.65. The van der Waals surface area contributed by atoms with Crippen LogP contribution in [0.4, 0.5) is 4.39 Å². The van der Waals surface area contributed by atoms with Gasteiger partial charge in [0.2, 0.25) is 0 Å². The first-order valence-electron chi connectivity index (χ1n) is 8.00. The third-order valence-electron chi connectivity index (χ3n) is 4.93. The summed E-state index contributed by atoms with van der Waals surface area (Å²) in [5, 5.41) is 4.85. The summed E-state index contributed by atoms with van der Waals surface area (Å²) in [5.41, 5.74) is 4.38. The monoisotopic (exact) mass is 327 g/mol. The van der Waals surface area contributed by atoms with Crippen molar-refractivity contribution in [3.05, 3.63) is 64.3 Å². The van der Waals surface area contributed by atoms with Crippen molar-refractivity contribution >= 4 is 17.2 Å². The predicted molar refractivity (Wildman–Crippen MR) is 86.5 cm³/mol. The molecule has 0 N–H and O–H groups in total. The van der Waals surface area contributed by atoms with Crippen LogP contribution in [0, 0.1) is 5.82 Å². The van der Waals surface area contributed by atoms with Crippen molar-refractivity contribution < 1.29 is 4.39 Å². The molecule has 2 aromatic heterocycles. The number of hydrogen-bond acceptors (Lipinski definition) is 2. The van der Waals surface area contributed by atoms with Crippen molar-refractivity contribution in [2.45, 2.75) is 37.0 Å². The van der Waals surface area contributed by atoms with Gasteiger partial charge in [-0.05, 0) is 54.9 Å². The van der Waals surface area contributed by atoms with Gasteiger partial charge in [-0.2, -0.15) is 5.10 Å². The molecule has 2 aliphatic carbocycles. The number of imidazole rings is 1. The fraction of sp³-hybridized carbons (Fsp3) is 0.333. The minimum Gasteiger partial charge on any atom is -0.231 e. The molecule has 5 heteroatoms. The molecule has 0 bridgehead atoms. The van der Waals surface area contributed by atoms with E-state index in [0.717, 1.165) is 23.3 Å². The quantitative estimate of drug-likeness (QED) is 0.699. The first-order chi connectivity index (χ1) is 11.2. The second-order valence-corrected chi connectivity index (χ2v) is 7.02. The fourth-order valence-electron chi connectivity index (χ4n) is 3.45. The highest BCUT2D eigenvalue weighted by Gasteiger charge is 2.41. The Hall–Kier alpha value is -1.94. The second-order valence-electron chi connectivity index (χ2n) is 6.63. The van der Waals surface area contributed by atoms with Crippen LogP contribution >= 0.6 is 11.6 Å². The zero-order valence-electron chi connectivity index (χ0n) is 12.4. The molecule has 3 nitrogen and oxygen atoms in total. The summed E-state index contributed by atoms with van der Waals surface area (Å²) in [5.74, 6) is 1.20. The van der Waals surface area contributed by atoms with E-state index in [4.69, 9.17) is 16.6 Å². The van der Waals surface area contributed by atoms with Crippen LogP contribution in [0.3, 0.4) is 0 Å². The zero-order valence-corrected chi connectivity index (χ0v) is 13.2. The maximum absolute atomic E-state index is 13.1. The summed E-state index contributed by atoms with van der Waals surface area (Å²) in [6.45, 7) is 0. The summed E-state index contributed by atoms with van der Waals surface area (Å²) in [6, 6.07) is 8.75. The number of halogens is 2. The third-order valence-corrected chi connectivity index (χ3v) is 5.11. The Morgan fingerprint density at radius 1 is 1.13 bits per heavy atom. The molecule has 116 valence electrons. The Balaban J connectivity index is 1.54. The van der Waals surface area contributed by atoms with Gasteiger partial charge in [-0.3, -0.25) is 0 Å². The normalized spacial score (nSPS) is 23.4. The van der Waals surface area contributed by atoms with E-state index < -0.39 is 0 Å². The molecule has 0 unspecified atom stereocenters. The van der Waals surface area contributed by atoms with E-state index in [0.29, 0.717) is 22.9 Å². The van der Waals surface area contributed by atoms with Crippen LogP contribution in [-0.4, -0.2) is 14.6 Å². The Labute approximate surface area is 138 Å². The standard InChI is InChI=1S/C18H15ClFN3/c19-17-8-15(14-7-13(14)10-3-5-12(20)6-4-10)18-21-16(11-1-2-11)9-23(18)22-17/h3-6,8-9,11,13-14H,1-2,7H2/t13-,14+/m1/s1. The maximum atomic E-state index is 13.1. The van der Waals surface area contributed by atoms with Gasteiger partial charge in [0.05, 0.1) is 11.9 Å². The average Bonchev–Trinajstić information content (AvgIpc) is 3.44. The van der Waals surface area contributed by atoms with E-state index in [1.165, 1.54) is 30.5 Å². The Morgan fingerprint density at radius 2 is 1.91 bits per heavy atom. The molecule has 23 heavy (non-hydrogen) atoms. The molecule has 2 saturated carbocycles. The summed E-state index contributed by atoms with van der Waals surface area (Å²) in [6.07, 6.45) is 5.49. The smallest absolute Gasteiger partial charge is 0.157 e. The topological polar surface area (TPSA) is 30.2 Å². The second kappa shape index (κ2) is 4.78. The van der Waals surface area contributed by atoms with Crippen LogP contribution < -0.4 is 0 Å². The van der Waals surface area contributed by atoms with Gasteiger partial charge in [0.25, 0.3) is 0 Å². The number of rotatable bonds is 3. The SMILES string of the molecule is Fc1ccc([C@H]2C[C@@H]2c2cc(Cl)nn3cc(C4CC4)nc23)cc1. The first-order valence-corrected chi connectivity index (χ1v) is 8.38. The summed E-state index contributed by atoms with van der Waals surface area (Å²) in [7, 11) is 0. The molecular formula is C18H15ClFN3. The molecule has 5 rings (SSSR count). The van der Waals surface area contributed by atoms with E-state index in [-0.39, 0.29) is 5.82 Å². The van der Waals surface area contributed by atoms with Crippen LogP contribution in [0.15, 0.2) is 36.5 Å². The Morgan fingerprint density at radius 3 is 2.65 bits per heavy atom. The van der Waals surface area contributed by atoms with Gasteiger partial charge in [-0.1, -0.05) is 23.7 Å². The molecular weight excluding hydrogens is 313 g/mol. The van der Waals surface area contributed by atoms with Crippen molar-refractivity contribution in [3.63, 3.8) is 0 Å². The van der Waals surface area contributed by atoms with Crippen LogP contribution in [0.2, 0.25) is 5.15 Å². The highest BCUT2D eigenvalue weighted by Crippen LogP contribution is 2.55. The number of fused-ring (bicyclic) bond motifs is 1. The van der Waals surface area contributed by atoms with E-state index in [9.17, 15) is 4.39 Å².